The first-order valence-electron chi connectivity index (χ1n) is 10.8. The number of hydrogen-bond donors (Lipinski definition) is 1. The first-order chi connectivity index (χ1) is 16.1. The van der Waals surface area contributed by atoms with Gasteiger partial charge in [0.2, 0.25) is 5.95 Å². The third-order valence-electron chi connectivity index (χ3n) is 5.90. The van der Waals surface area contributed by atoms with Crippen molar-refractivity contribution < 1.29 is 8.42 Å². The highest BCUT2D eigenvalue weighted by Crippen LogP contribution is 2.31. The lowest BCUT2D eigenvalue weighted by atomic mass is 10.0. The van der Waals surface area contributed by atoms with Crippen LogP contribution in [-0.4, -0.2) is 44.0 Å². The van der Waals surface area contributed by atoms with Gasteiger partial charge in [-0.2, -0.15) is 19.7 Å². The van der Waals surface area contributed by atoms with E-state index in [4.69, 9.17) is 10.1 Å². The number of aryl methyl sites for hydroxylation is 4. The van der Waals surface area contributed by atoms with Gasteiger partial charge in [0, 0.05) is 30.8 Å². The maximum Gasteiger partial charge on any atom is 0.227 e. The van der Waals surface area contributed by atoms with Gasteiger partial charge in [0.1, 0.15) is 5.82 Å². The molecule has 0 saturated heterocycles. The number of benzene rings is 2. The second-order valence-electron chi connectivity index (χ2n) is 8.50. The fourth-order valence-corrected chi connectivity index (χ4v) is 4.86. The number of aromatic nitrogens is 6. The van der Waals surface area contributed by atoms with E-state index in [-0.39, 0.29) is 0 Å². The number of rotatable bonds is 5. The SMILES string of the molecule is Cc1nc(NCc2ccc(S(C)(=O)=O)cc2)n2nc(C)c(-c3ccc4c(c3)c(C)nn4C)c2n1. The van der Waals surface area contributed by atoms with Crippen molar-refractivity contribution >= 4 is 32.3 Å². The molecule has 0 unspecified atom stereocenters. The molecule has 174 valence electrons. The molecule has 5 aromatic rings. The molecule has 0 bridgehead atoms. The summed E-state index contributed by atoms with van der Waals surface area (Å²) in [4.78, 5) is 9.55. The topological polar surface area (TPSA) is 107 Å². The van der Waals surface area contributed by atoms with Gasteiger partial charge in [0.25, 0.3) is 0 Å². The zero-order valence-electron chi connectivity index (χ0n) is 19.7. The first-order valence-corrected chi connectivity index (χ1v) is 12.7. The molecule has 5 rings (SSSR count). The van der Waals surface area contributed by atoms with Crippen molar-refractivity contribution in [3.8, 4) is 11.1 Å². The van der Waals surface area contributed by atoms with Crippen LogP contribution >= 0.6 is 0 Å². The van der Waals surface area contributed by atoms with Crippen LogP contribution in [0.3, 0.4) is 0 Å². The van der Waals surface area contributed by atoms with E-state index in [1.165, 1.54) is 6.26 Å². The summed E-state index contributed by atoms with van der Waals surface area (Å²) < 4.78 is 27.0. The average molecular weight is 476 g/mol. The Labute approximate surface area is 197 Å². The average Bonchev–Trinajstić information content (AvgIpc) is 3.26. The van der Waals surface area contributed by atoms with Crippen LogP contribution in [-0.2, 0) is 23.4 Å². The van der Waals surface area contributed by atoms with E-state index >= 15 is 0 Å². The normalized spacial score (nSPS) is 12.0. The van der Waals surface area contributed by atoms with Gasteiger partial charge >= 0.3 is 0 Å². The van der Waals surface area contributed by atoms with Crippen LogP contribution in [0, 0.1) is 20.8 Å². The lowest BCUT2D eigenvalue weighted by molar-refractivity contribution is 0.602. The van der Waals surface area contributed by atoms with Crippen LogP contribution in [0.15, 0.2) is 47.4 Å². The Bertz CT molecular complexity index is 1670. The number of anilines is 1. The van der Waals surface area contributed by atoms with Crippen molar-refractivity contribution in [2.45, 2.75) is 32.2 Å². The van der Waals surface area contributed by atoms with Gasteiger partial charge in [-0.3, -0.25) is 4.68 Å². The molecule has 0 fully saturated rings. The number of hydrogen-bond acceptors (Lipinski definition) is 7. The molecular weight excluding hydrogens is 450 g/mol. The molecule has 1 N–H and O–H groups in total. The van der Waals surface area contributed by atoms with Crippen LogP contribution in [0.1, 0.15) is 22.8 Å². The van der Waals surface area contributed by atoms with Crippen LogP contribution < -0.4 is 5.32 Å². The van der Waals surface area contributed by atoms with Gasteiger partial charge in [0.15, 0.2) is 15.5 Å². The molecule has 0 aliphatic heterocycles. The fourth-order valence-electron chi connectivity index (χ4n) is 4.23. The third kappa shape index (κ3) is 3.79. The summed E-state index contributed by atoms with van der Waals surface area (Å²) in [6, 6.07) is 13.1. The smallest absolute Gasteiger partial charge is 0.227 e. The molecule has 0 saturated carbocycles. The lowest BCUT2D eigenvalue weighted by Gasteiger charge is -2.09. The monoisotopic (exact) mass is 475 g/mol. The Morgan fingerprint density at radius 3 is 2.38 bits per heavy atom. The predicted molar refractivity (Wildman–Crippen MR) is 132 cm³/mol. The number of nitrogens with one attached hydrogen (secondary N) is 1. The summed E-state index contributed by atoms with van der Waals surface area (Å²) in [5.41, 5.74) is 6.53. The van der Waals surface area contributed by atoms with Crippen molar-refractivity contribution in [2.24, 2.45) is 7.05 Å². The van der Waals surface area contributed by atoms with Gasteiger partial charge in [-0.05, 0) is 56.2 Å². The van der Waals surface area contributed by atoms with Gasteiger partial charge in [-0.15, -0.1) is 0 Å². The molecule has 0 aliphatic rings. The minimum atomic E-state index is -3.23. The van der Waals surface area contributed by atoms with E-state index < -0.39 is 9.84 Å². The van der Waals surface area contributed by atoms with E-state index in [1.54, 1.807) is 28.8 Å². The standard InChI is InChI=1S/C24H25N7O2S/c1-14-20-12-18(8-11-21(20)30(4)28-14)22-15(2)29-31-23(22)26-16(3)27-24(31)25-13-17-6-9-19(10-7-17)34(5,32)33/h6-12H,13H2,1-5H3,(H,25,26,27). The zero-order valence-corrected chi connectivity index (χ0v) is 20.5. The summed E-state index contributed by atoms with van der Waals surface area (Å²) in [6.07, 6.45) is 1.20. The molecule has 0 atom stereocenters. The molecule has 3 heterocycles. The van der Waals surface area contributed by atoms with Crippen LogP contribution in [0.5, 0.6) is 0 Å². The Kier molecular flexibility index (Phi) is 5.12. The van der Waals surface area contributed by atoms with E-state index in [1.807, 2.05) is 32.5 Å². The van der Waals surface area contributed by atoms with Crippen LogP contribution in [0.4, 0.5) is 5.95 Å². The van der Waals surface area contributed by atoms with E-state index in [9.17, 15) is 8.42 Å². The molecule has 0 radical (unpaired) electrons. The van der Waals surface area contributed by atoms with E-state index in [2.05, 4.69) is 33.6 Å². The second-order valence-corrected chi connectivity index (χ2v) is 10.5. The Balaban J connectivity index is 1.53. The molecule has 2 aromatic carbocycles. The lowest BCUT2D eigenvalue weighted by Crippen LogP contribution is -2.10. The molecule has 34 heavy (non-hydrogen) atoms. The van der Waals surface area contributed by atoms with Gasteiger partial charge in [0.05, 0.1) is 21.8 Å². The van der Waals surface area contributed by atoms with Gasteiger partial charge in [-0.1, -0.05) is 18.2 Å². The molecule has 0 amide bonds. The Morgan fingerprint density at radius 1 is 0.941 bits per heavy atom. The summed E-state index contributed by atoms with van der Waals surface area (Å²) in [7, 11) is -1.28. The highest BCUT2D eigenvalue weighted by molar-refractivity contribution is 7.90. The summed E-state index contributed by atoms with van der Waals surface area (Å²) >= 11 is 0. The van der Waals surface area contributed by atoms with Crippen LogP contribution in [0.2, 0.25) is 0 Å². The largest absolute Gasteiger partial charge is 0.350 e. The zero-order chi connectivity index (χ0) is 24.2. The van der Waals surface area contributed by atoms with E-state index in [0.29, 0.717) is 23.2 Å². The summed E-state index contributed by atoms with van der Waals surface area (Å²) in [5, 5.41) is 13.7. The third-order valence-corrected chi connectivity index (χ3v) is 7.03. The summed E-state index contributed by atoms with van der Waals surface area (Å²) in [5.74, 6) is 1.20. The number of fused-ring (bicyclic) bond motifs is 2. The van der Waals surface area contributed by atoms with Gasteiger partial charge in [-0.25, -0.2) is 13.4 Å². The Hall–Kier alpha value is -3.79. The minimum Gasteiger partial charge on any atom is -0.350 e. The minimum absolute atomic E-state index is 0.296. The second kappa shape index (κ2) is 7.91. The van der Waals surface area contributed by atoms with Crippen molar-refractivity contribution in [2.75, 3.05) is 11.6 Å². The maximum atomic E-state index is 11.7. The van der Waals surface area contributed by atoms with Crippen molar-refractivity contribution in [3.05, 3.63) is 65.2 Å². The molecule has 0 spiro atoms. The maximum absolute atomic E-state index is 11.7. The molecule has 0 aliphatic carbocycles. The highest BCUT2D eigenvalue weighted by Gasteiger charge is 2.18. The van der Waals surface area contributed by atoms with Crippen molar-refractivity contribution in [1.29, 1.82) is 0 Å². The highest BCUT2D eigenvalue weighted by atomic mass is 32.2. The molecular formula is C24H25N7O2S. The van der Waals surface area contributed by atoms with Crippen molar-refractivity contribution in [3.63, 3.8) is 0 Å². The first kappa shape index (κ1) is 22.0. The van der Waals surface area contributed by atoms with Crippen molar-refractivity contribution in [1.82, 2.24) is 29.4 Å². The predicted octanol–water partition coefficient (Wildman–Crippen LogP) is 3.62. The van der Waals surface area contributed by atoms with Gasteiger partial charge < -0.3 is 5.32 Å². The molecule has 3 aromatic heterocycles. The molecule has 9 nitrogen and oxygen atoms in total. The quantitative estimate of drug-likeness (QED) is 0.414. The number of sulfone groups is 1. The number of nitrogens with zero attached hydrogens (tertiary/aromatic N) is 6. The van der Waals surface area contributed by atoms with Crippen LogP contribution in [0.25, 0.3) is 27.7 Å². The Morgan fingerprint density at radius 2 is 1.68 bits per heavy atom. The fraction of sp³-hybridized carbons (Fsp3) is 0.250. The molecule has 10 heteroatoms. The van der Waals surface area contributed by atoms with E-state index in [0.717, 1.165) is 44.6 Å². The summed E-state index contributed by atoms with van der Waals surface area (Å²) in [6.45, 7) is 6.29.